The van der Waals surface area contributed by atoms with Crippen LogP contribution in [0.25, 0.3) is 0 Å². The number of carbonyl (C=O) groups is 1. The lowest BCUT2D eigenvalue weighted by Crippen LogP contribution is -2.17. The van der Waals surface area contributed by atoms with Crippen molar-refractivity contribution in [2.45, 2.75) is 46.1 Å². The lowest BCUT2D eigenvalue weighted by molar-refractivity contribution is 0.102. The minimum Gasteiger partial charge on any atom is -0.305 e. The second-order valence-corrected chi connectivity index (χ2v) is 5.96. The highest BCUT2D eigenvalue weighted by Crippen LogP contribution is 2.20. The third-order valence-electron chi connectivity index (χ3n) is 3.23. The van der Waals surface area contributed by atoms with Gasteiger partial charge in [-0.25, -0.2) is 9.67 Å². The first-order valence-corrected chi connectivity index (χ1v) is 7.71. The second kappa shape index (κ2) is 6.17. The monoisotopic (exact) mass is 292 g/mol. The van der Waals surface area contributed by atoms with Gasteiger partial charge in [-0.15, -0.1) is 11.3 Å². The largest absolute Gasteiger partial charge is 0.305 e. The van der Waals surface area contributed by atoms with Crippen molar-refractivity contribution in [3.63, 3.8) is 0 Å². The molecule has 6 heteroatoms. The number of amides is 1. The Bertz CT molecular complexity index is 588. The van der Waals surface area contributed by atoms with Crippen LogP contribution in [0.4, 0.5) is 5.82 Å². The molecule has 0 aliphatic carbocycles. The summed E-state index contributed by atoms with van der Waals surface area (Å²) >= 11 is 1.38. The number of thiazole rings is 1. The van der Waals surface area contributed by atoms with Crippen molar-refractivity contribution >= 4 is 23.1 Å². The van der Waals surface area contributed by atoms with E-state index in [1.165, 1.54) is 11.3 Å². The fourth-order valence-electron chi connectivity index (χ4n) is 1.76. The summed E-state index contributed by atoms with van der Waals surface area (Å²) in [5.41, 5.74) is 0.954. The van der Waals surface area contributed by atoms with Gasteiger partial charge in [0.2, 0.25) is 0 Å². The van der Waals surface area contributed by atoms with Crippen molar-refractivity contribution in [2.75, 3.05) is 5.32 Å². The zero-order valence-electron chi connectivity index (χ0n) is 12.3. The van der Waals surface area contributed by atoms with Crippen LogP contribution in [0.5, 0.6) is 0 Å². The molecule has 0 bridgehead atoms. The molecular formula is C14H20N4OS. The highest BCUT2D eigenvalue weighted by Gasteiger charge is 2.16. The van der Waals surface area contributed by atoms with Crippen LogP contribution in [0.1, 0.15) is 61.6 Å². The molecule has 0 aromatic carbocycles. The predicted octanol–water partition coefficient (Wildman–Crippen LogP) is 3.69. The van der Waals surface area contributed by atoms with Gasteiger partial charge in [-0.05, 0) is 19.3 Å². The molecule has 20 heavy (non-hydrogen) atoms. The Labute approximate surface area is 123 Å². The summed E-state index contributed by atoms with van der Waals surface area (Å²) in [6, 6.07) is 2.06. The summed E-state index contributed by atoms with van der Waals surface area (Å²) < 4.78 is 1.83. The van der Waals surface area contributed by atoms with Gasteiger partial charge in [-0.3, -0.25) is 4.79 Å². The second-order valence-electron chi connectivity index (χ2n) is 5.10. The van der Waals surface area contributed by atoms with Crippen molar-refractivity contribution in [3.05, 3.63) is 28.3 Å². The van der Waals surface area contributed by atoms with Crippen LogP contribution < -0.4 is 5.32 Å². The van der Waals surface area contributed by atoms with Gasteiger partial charge >= 0.3 is 0 Å². The van der Waals surface area contributed by atoms with Crippen LogP contribution in [0.15, 0.2) is 17.6 Å². The van der Waals surface area contributed by atoms with Crippen molar-refractivity contribution in [2.24, 2.45) is 0 Å². The summed E-state index contributed by atoms with van der Waals surface area (Å²) in [7, 11) is 0. The minimum atomic E-state index is -0.174. The van der Waals surface area contributed by atoms with Gasteiger partial charge in [0.15, 0.2) is 5.01 Å². The van der Waals surface area contributed by atoms with Gasteiger partial charge in [-0.2, -0.15) is 5.10 Å². The zero-order chi connectivity index (χ0) is 14.7. The molecule has 0 unspecified atom stereocenters. The minimum absolute atomic E-state index is 0.174. The van der Waals surface area contributed by atoms with E-state index >= 15 is 0 Å². The van der Waals surface area contributed by atoms with Gasteiger partial charge in [0.1, 0.15) is 5.82 Å². The number of rotatable bonds is 5. The van der Waals surface area contributed by atoms with Gasteiger partial charge in [0.05, 0.1) is 17.9 Å². The van der Waals surface area contributed by atoms with Crippen LogP contribution in [-0.2, 0) is 0 Å². The fraction of sp³-hybridized carbons (Fsp3) is 0.500. The molecule has 5 nitrogen and oxygen atoms in total. The molecule has 0 radical (unpaired) electrons. The number of hydrogen-bond donors (Lipinski definition) is 1. The lowest BCUT2D eigenvalue weighted by atomic mass is 10.2. The SMILES string of the molecule is CC[C@H](C)n1nccc1NC(=O)c1nc(C(C)C)cs1. The molecule has 1 N–H and O–H groups in total. The highest BCUT2D eigenvalue weighted by atomic mass is 32.1. The molecule has 0 fully saturated rings. The Hall–Kier alpha value is -1.69. The zero-order valence-corrected chi connectivity index (χ0v) is 13.1. The third kappa shape index (κ3) is 3.07. The first-order chi connectivity index (χ1) is 9.52. The molecule has 0 aliphatic heterocycles. The van der Waals surface area contributed by atoms with E-state index in [-0.39, 0.29) is 11.9 Å². The van der Waals surface area contributed by atoms with Crippen LogP contribution in [0.2, 0.25) is 0 Å². The first-order valence-electron chi connectivity index (χ1n) is 6.83. The number of carbonyl (C=O) groups excluding carboxylic acids is 1. The van der Waals surface area contributed by atoms with E-state index in [2.05, 4.69) is 43.1 Å². The van der Waals surface area contributed by atoms with Crippen molar-refractivity contribution < 1.29 is 4.79 Å². The summed E-state index contributed by atoms with van der Waals surface area (Å²) in [4.78, 5) is 16.6. The van der Waals surface area contributed by atoms with Crippen LogP contribution >= 0.6 is 11.3 Å². The molecule has 1 atom stereocenters. The standard InChI is InChI=1S/C14H20N4OS/c1-5-10(4)18-12(6-7-15-18)17-13(19)14-16-11(8-20-14)9(2)3/h6-10H,5H2,1-4H3,(H,17,19)/t10-/m0/s1. The third-order valence-corrected chi connectivity index (χ3v) is 4.09. The smallest absolute Gasteiger partial charge is 0.285 e. The Morgan fingerprint density at radius 1 is 1.45 bits per heavy atom. The molecule has 0 aliphatic rings. The maximum atomic E-state index is 12.2. The van der Waals surface area contributed by atoms with Crippen molar-refractivity contribution in [1.82, 2.24) is 14.8 Å². The van der Waals surface area contributed by atoms with E-state index in [9.17, 15) is 4.79 Å². The van der Waals surface area contributed by atoms with Gasteiger partial charge in [0.25, 0.3) is 5.91 Å². The maximum Gasteiger partial charge on any atom is 0.285 e. The van der Waals surface area contributed by atoms with E-state index in [0.717, 1.165) is 12.1 Å². The molecular weight excluding hydrogens is 272 g/mol. The predicted molar refractivity (Wildman–Crippen MR) is 81.4 cm³/mol. The van der Waals surface area contributed by atoms with Crippen LogP contribution in [0, 0.1) is 0 Å². The van der Waals surface area contributed by atoms with E-state index in [1.807, 2.05) is 10.1 Å². The van der Waals surface area contributed by atoms with Gasteiger partial charge in [0, 0.05) is 11.4 Å². The molecule has 0 saturated carbocycles. The number of nitrogens with zero attached hydrogens (tertiary/aromatic N) is 3. The molecule has 2 aromatic rings. The molecule has 0 spiro atoms. The summed E-state index contributed by atoms with van der Waals surface area (Å²) in [6.45, 7) is 8.29. The molecule has 108 valence electrons. The molecule has 1 amide bonds. The molecule has 0 saturated heterocycles. The average molecular weight is 292 g/mol. The Morgan fingerprint density at radius 2 is 2.20 bits per heavy atom. The number of nitrogens with one attached hydrogen (secondary N) is 1. The topological polar surface area (TPSA) is 59.8 Å². The van der Waals surface area contributed by atoms with Crippen LogP contribution in [-0.4, -0.2) is 20.7 Å². The van der Waals surface area contributed by atoms with Gasteiger partial charge in [-0.1, -0.05) is 20.8 Å². The quantitative estimate of drug-likeness (QED) is 0.914. The lowest BCUT2D eigenvalue weighted by Gasteiger charge is -2.13. The van der Waals surface area contributed by atoms with E-state index < -0.39 is 0 Å². The average Bonchev–Trinajstić information content (AvgIpc) is 3.06. The number of anilines is 1. The van der Waals surface area contributed by atoms with Crippen LogP contribution in [0.3, 0.4) is 0 Å². The molecule has 2 aromatic heterocycles. The Kier molecular flexibility index (Phi) is 4.54. The number of aromatic nitrogens is 3. The van der Waals surface area contributed by atoms with E-state index in [1.54, 1.807) is 12.3 Å². The highest BCUT2D eigenvalue weighted by molar-refractivity contribution is 7.11. The van der Waals surface area contributed by atoms with E-state index in [0.29, 0.717) is 16.7 Å². The Morgan fingerprint density at radius 3 is 2.80 bits per heavy atom. The summed E-state index contributed by atoms with van der Waals surface area (Å²) in [5, 5.41) is 9.56. The van der Waals surface area contributed by atoms with E-state index in [4.69, 9.17) is 0 Å². The Balaban J connectivity index is 2.13. The normalized spacial score (nSPS) is 12.7. The van der Waals surface area contributed by atoms with Gasteiger partial charge < -0.3 is 5.32 Å². The van der Waals surface area contributed by atoms with Crippen molar-refractivity contribution in [3.8, 4) is 0 Å². The molecule has 2 heterocycles. The maximum absolute atomic E-state index is 12.2. The fourth-order valence-corrected chi connectivity index (χ4v) is 2.64. The summed E-state index contributed by atoms with van der Waals surface area (Å²) in [5.74, 6) is 0.871. The summed E-state index contributed by atoms with van der Waals surface area (Å²) in [6.07, 6.45) is 2.66. The number of hydrogen-bond acceptors (Lipinski definition) is 4. The molecule has 2 rings (SSSR count). The van der Waals surface area contributed by atoms with Crippen molar-refractivity contribution in [1.29, 1.82) is 0 Å². The first kappa shape index (κ1) is 14.7.